The number of hydrogen-bond acceptors (Lipinski definition) is 4. The topological polar surface area (TPSA) is 55.3 Å². The van der Waals surface area contributed by atoms with Gasteiger partial charge in [-0.3, -0.25) is 0 Å². The van der Waals surface area contributed by atoms with Gasteiger partial charge in [-0.1, -0.05) is 23.4 Å². The van der Waals surface area contributed by atoms with E-state index in [1.165, 1.54) is 5.69 Å². The first-order chi connectivity index (χ1) is 7.79. The van der Waals surface area contributed by atoms with Crippen molar-refractivity contribution in [3.05, 3.63) is 42.2 Å². The van der Waals surface area contributed by atoms with Gasteiger partial charge in [0.1, 0.15) is 0 Å². The minimum atomic E-state index is 0.430. The molecule has 0 spiro atoms. The third-order valence-electron chi connectivity index (χ3n) is 2.43. The number of anilines is 2. The van der Waals surface area contributed by atoms with Crippen molar-refractivity contribution < 1.29 is 4.52 Å². The Bertz CT molecular complexity index is 439. The van der Waals surface area contributed by atoms with E-state index in [1.807, 2.05) is 18.2 Å². The van der Waals surface area contributed by atoms with E-state index >= 15 is 0 Å². The lowest BCUT2D eigenvalue weighted by molar-refractivity contribution is 0.384. The Balaban J connectivity index is 2.12. The molecule has 2 aromatic rings. The highest BCUT2D eigenvalue weighted by Crippen LogP contribution is 2.17. The molecule has 1 aromatic heterocycles. The first-order valence-corrected chi connectivity index (χ1v) is 5.30. The van der Waals surface area contributed by atoms with Crippen LogP contribution in [0.1, 0.15) is 12.7 Å². The van der Waals surface area contributed by atoms with Crippen LogP contribution < -0.4 is 10.6 Å². The normalized spacial score (nSPS) is 10.3. The van der Waals surface area contributed by atoms with E-state index in [0.29, 0.717) is 12.4 Å². The highest BCUT2D eigenvalue weighted by Gasteiger charge is 2.08. The smallest absolute Gasteiger partial charge is 0.167 e. The van der Waals surface area contributed by atoms with E-state index in [1.54, 1.807) is 6.07 Å². The molecule has 0 amide bonds. The molecule has 0 bridgehead atoms. The lowest BCUT2D eigenvalue weighted by atomic mass is 10.2. The van der Waals surface area contributed by atoms with Crippen LogP contribution in [0.3, 0.4) is 0 Å². The average molecular weight is 217 g/mol. The van der Waals surface area contributed by atoms with Gasteiger partial charge in [0.05, 0.1) is 6.54 Å². The molecular weight excluding hydrogens is 202 g/mol. The predicted molar refractivity (Wildman–Crippen MR) is 64.1 cm³/mol. The molecule has 4 nitrogen and oxygen atoms in total. The van der Waals surface area contributed by atoms with Crippen molar-refractivity contribution in [3.8, 4) is 0 Å². The van der Waals surface area contributed by atoms with Gasteiger partial charge in [-0.15, -0.1) is 0 Å². The van der Waals surface area contributed by atoms with Gasteiger partial charge in [0.25, 0.3) is 0 Å². The highest BCUT2D eigenvalue weighted by molar-refractivity contribution is 5.46. The minimum Gasteiger partial charge on any atom is -0.381 e. The van der Waals surface area contributed by atoms with Crippen LogP contribution in [-0.4, -0.2) is 11.7 Å². The molecule has 16 heavy (non-hydrogen) atoms. The largest absolute Gasteiger partial charge is 0.381 e. The van der Waals surface area contributed by atoms with Crippen molar-refractivity contribution in [1.29, 1.82) is 0 Å². The lowest BCUT2D eigenvalue weighted by Gasteiger charge is -2.21. The number of aromatic nitrogens is 1. The van der Waals surface area contributed by atoms with E-state index < -0.39 is 0 Å². The molecule has 0 aliphatic carbocycles. The fourth-order valence-electron chi connectivity index (χ4n) is 1.62. The maximum atomic E-state index is 5.51. The average Bonchev–Trinajstić information content (AvgIpc) is 2.73. The fourth-order valence-corrected chi connectivity index (χ4v) is 1.62. The van der Waals surface area contributed by atoms with Crippen LogP contribution in [0.2, 0.25) is 0 Å². The van der Waals surface area contributed by atoms with Crippen molar-refractivity contribution in [2.24, 2.45) is 0 Å². The fraction of sp³-hybridized carbons (Fsp3) is 0.250. The van der Waals surface area contributed by atoms with Crippen LogP contribution >= 0.6 is 0 Å². The summed E-state index contributed by atoms with van der Waals surface area (Å²) in [7, 11) is 0. The summed E-state index contributed by atoms with van der Waals surface area (Å²) in [5.74, 6) is 1.21. The molecule has 1 aromatic carbocycles. The van der Waals surface area contributed by atoms with Crippen LogP contribution in [0.15, 0.2) is 40.9 Å². The van der Waals surface area contributed by atoms with Crippen molar-refractivity contribution in [2.75, 3.05) is 17.2 Å². The van der Waals surface area contributed by atoms with Gasteiger partial charge < -0.3 is 15.2 Å². The number of rotatable bonds is 4. The molecule has 0 saturated carbocycles. The van der Waals surface area contributed by atoms with Crippen LogP contribution in [-0.2, 0) is 6.54 Å². The second-order valence-electron chi connectivity index (χ2n) is 3.57. The minimum absolute atomic E-state index is 0.430. The highest BCUT2D eigenvalue weighted by atomic mass is 16.5. The standard InChI is InChI=1S/C12H15N3O/c1-2-15(10-6-4-3-5-7-10)9-11-8-12(13)14-16-11/h3-8H,2,9H2,1H3,(H2,13,14). The molecule has 0 atom stereocenters. The monoisotopic (exact) mass is 217 g/mol. The first-order valence-electron chi connectivity index (χ1n) is 5.30. The second kappa shape index (κ2) is 4.70. The summed E-state index contributed by atoms with van der Waals surface area (Å²) in [6.45, 7) is 3.70. The molecule has 84 valence electrons. The Morgan fingerprint density at radius 2 is 2.06 bits per heavy atom. The van der Waals surface area contributed by atoms with Crippen molar-refractivity contribution in [2.45, 2.75) is 13.5 Å². The zero-order valence-electron chi connectivity index (χ0n) is 9.26. The summed E-state index contributed by atoms with van der Waals surface area (Å²) >= 11 is 0. The number of nitrogen functional groups attached to an aromatic ring is 1. The Kier molecular flexibility index (Phi) is 3.10. The van der Waals surface area contributed by atoms with Gasteiger partial charge >= 0.3 is 0 Å². The van der Waals surface area contributed by atoms with Crippen molar-refractivity contribution >= 4 is 11.5 Å². The zero-order chi connectivity index (χ0) is 11.4. The SMILES string of the molecule is CCN(Cc1cc(N)no1)c1ccccc1. The van der Waals surface area contributed by atoms with E-state index in [0.717, 1.165) is 12.3 Å². The van der Waals surface area contributed by atoms with Gasteiger partial charge in [0, 0.05) is 18.3 Å². The molecule has 0 aliphatic heterocycles. The summed E-state index contributed by atoms with van der Waals surface area (Å²) in [4.78, 5) is 2.19. The number of hydrogen-bond donors (Lipinski definition) is 1. The third-order valence-corrected chi connectivity index (χ3v) is 2.43. The van der Waals surface area contributed by atoms with Gasteiger partial charge in [-0.2, -0.15) is 0 Å². The third kappa shape index (κ3) is 2.34. The molecular formula is C12H15N3O. The summed E-state index contributed by atoms with van der Waals surface area (Å²) in [6.07, 6.45) is 0. The van der Waals surface area contributed by atoms with Crippen molar-refractivity contribution in [3.63, 3.8) is 0 Å². The molecule has 0 radical (unpaired) electrons. The molecule has 2 rings (SSSR count). The summed E-state index contributed by atoms with van der Waals surface area (Å²) in [5.41, 5.74) is 6.68. The van der Waals surface area contributed by atoms with E-state index in [9.17, 15) is 0 Å². The van der Waals surface area contributed by atoms with E-state index in [-0.39, 0.29) is 0 Å². The summed E-state index contributed by atoms with van der Waals surface area (Å²) < 4.78 is 5.10. The van der Waals surface area contributed by atoms with Gasteiger partial charge in [0.15, 0.2) is 11.6 Å². The maximum Gasteiger partial charge on any atom is 0.167 e. The van der Waals surface area contributed by atoms with Gasteiger partial charge in [-0.05, 0) is 19.1 Å². The lowest BCUT2D eigenvalue weighted by Crippen LogP contribution is -2.21. The first kappa shape index (κ1) is 10.5. The van der Waals surface area contributed by atoms with Crippen molar-refractivity contribution in [1.82, 2.24) is 5.16 Å². The summed E-state index contributed by atoms with van der Waals surface area (Å²) in [6, 6.07) is 11.9. The van der Waals surface area contributed by atoms with Gasteiger partial charge in [0.2, 0.25) is 0 Å². The second-order valence-corrected chi connectivity index (χ2v) is 3.57. The quantitative estimate of drug-likeness (QED) is 0.853. The molecule has 0 fully saturated rings. The zero-order valence-corrected chi connectivity index (χ0v) is 9.26. The Morgan fingerprint density at radius 1 is 1.31 bits per heavy atom. The molecule has 0 unspecified atom stereocenters. The maximum absolute atomic E-state index is 5.51. The van der Waals surface area contributed by atoms with Crippen LogP contribution in [0.4, 0.5) is 11.5 Å². The number of benzene rings is 1. The molecule has 0 saturated heterocycles. The van der Waals surface area contributed by atoms with Crippen LogP contribution in [0.5, 0.6) is 0 Å². The molecule has 4 heteroatoms. The number of para-hydroxylation sites is 1. The Hall–Kier alpha value is -1.97. The molecule has 0 aliphatic rings. The Labute approximate surface area is 94.6 Å². The van der Waals surface area contributed by atoms with E-state index in [2.05, 4.69) is 29.1 Å². The van der Waals surface area contributed by atoms with Crippen LogP contribution in [0, 0.1) is 0 Å². The molecule has 2 N–H and O–H groups in total. The van der Waals surface area contributed by atoms with E-state index in [4.69, 9.17) is 10.3 Å². The number of nitrogens with zero attached hydrogens (tertiary/aromatic N) is 2. The Morgan fingerprint density at radius 3 is 2.62 bits per heavy atom. The summed E-state index contributed by atoms with van der Waals surface area (Å²) in [5, 5.41) is 3.67. The predicted octanol–water partition coefficient (Wildman–Crippen LogP) is 2.28. The van der Waals surface area contributed by atoms with Gasteiger partial charge in [-0.25, -0.2) is 0 Å². The molecule has 1 heterocycles. The van der Waals surface area contributed by atoms with Crippen LogP contribution in [0.25, 0.3) is 0 Å². The number of nitrogens with two attached hydrogens (primary N) is 1.